The number of hydrogen-bond acceptors (Lipinski definition) is 8. The molecule has 1 aliphatic heterocycles. The van der Waals surface area contributed by atoms with Gasteiger partial charge in [0, 0.05) is 18.6 Å². The Hall–Kier alpha value is -3.60. The van der Waals surface area contributed by atoms with Crippen LogP contribution in [0.4, 0.5) is 21.9 Å². The lowest BCUT2D eigenvalue weighted by molar-refractivity contribution is -0.384. The van der Waals surface area contributed by atoms with Gasteiger partial charge in [-0.2, -0.15) is 0 Å². The Kier molecular flexibility index (Phi) is 5.18. The van der Waals surface area contributed by atoms with Crippen LogP contribution >= 0.6 is 11.8 Å². The number of nitrogens with one attached hydrogen (secondary N) is 1. The van der Waals surface area contributed by atoms with Crippen LogP contribution in [0.2, 0.25) is 0 Å². The zero-order chi connectivity index (χ0) is 20.4. The standard InChI is InChI=1S/C17H13N3O7S/c21-11-3-1-2-9(6-11)19-16(24)14(28-17(19)25)8-15(23)18-12-5-4-10(20(26)27)7-13(12)22/h1-7,14,21-22H,8H2,(H,18,23). The van der Waals surface area contributed by atoms with Gasteiger partial charge in [-0.15, -0.1) is 0 Å². The summed E-state index contributed by atoms with van der Waals surface area (Å²) in [6, 6.07) is 8.77. The van der Waals surface area contributed by atoms with E-state index in [1.54, 1.807) is 0 Å². The minimum absolute atomic E-state index is 0.0535. The maximum Gasteiger partial charge on any atom is 0.293 e. The van der Waals surface area contributed by atoms with Crippen LogP contribution in [-0.2, 0) is 9.59 Å². The summed E-state index contributed by atoms with van der Waals surface area (Å²) in [7, 11) is 0. The highest BCUT2D eigenvalue weighted by molar-refractivity contribution is 8.15. The van der Waals surface area contributed by atoms with Crippen LogP contribution < -0.4 is 10.2 Å². The number of non-ortho nitro benzene ring substituents is 1. The Labute approximate surface area is 161 Å². The third-order valence-corrected chi connectivity index (χ3v) is 4.88. The summed E-state index contributed by atoms with van der Waals surface area (Å²) in [6.45, 7) is 0. The van der Waals surface area contributed by atoms with Gasteiger partial charge in [-0.3, -0.25) is 24.5 Å². The molecule has 1 unspecified atom stereocenters. The molecule has 1 aliphatic rings. The molecule has 10 nitrogen and oxygen atoms in total. The molecule has 0 spiro atoms. The SMILES string of the molecule is O=C(CC1SC(=O)N(c2cccc(O)c2)C1=O)Nc1ccc([N+](=O)[O-])cc1O. The van der Waals surface area contributed by atoms with Crippen LogP contribution in [0.15, 0.2) is 42.5 Å². The molecule has 0 radical (unpaired) electrons. The monoisotopic (exact) mass is 403 g/mol. The van der Waals surface area contributed by atoms with Crippen molar-refractivity contribution in [1.82, 2.24) is 0 Å². The molecule has 3 amide bonds. The van der Waals surface area contributed by atoms with Crippen molar-refractivity contribution in [2.24, 2.45) is 0 Å². The van der Waals surface area contributed by atoms with Crippen LogP contribution in [0.3, 0.4) is 0 Å². The highest BCUT2D eigenvalue weighted by Gasteiger charge is 2.41. The van der Waals surface area contributed by atoms with Crippen molar-refractivity contribution in [3.8, 4) is 11.5 Å². The number of aromatic hydroxyl groups is 2. The number of nitrogens with zero attached hydrogens (tertiary/aromatic N) is 2. The molecule has 1 heterocycles. The number of amides is 3. The summed E-state index contributed by atoms with van der Waals surface area (Å²) in [5, 5.41) is 30.8. The Morgan fingerprint density at radius 2 is 1.96 bits per heavy atom. The number of nitro benzene ring substituents is 1. The molecule has 0 aliphatic carbocycles. The van der Waals surface area contributed by atoms with E-state index in [9.17, 15) is 34.7 Å². The van der Waals surface area contributed by atoms with Crippen molar-refractivity contribution < 1.29 is 29.5 Å². The largest absolute Gasteiger partial charge is 0.508 e. The Bertz CT molecular complexity index is 994. The van der Waals surface area contributed by atoms with Gasteiger partial charge >= 0.3 is 0 Å². The molecule has 144 valence electrons. The average molecular weight is 403 g/mol. The first-order chi connectivity index (χ1) is 13.3. The molecular weight excluding hydrogens is 390 g/mol. The number of rotatable bonds is 5. The number of phenolic OH excluding ortho intramolecular Hbond substituents is 2. The Morgan fingerprint density at radius 3 is 2.61 bits per heavy atom. The molecule has 0 saturated carbocycles. The number of carbonyl (C=O) groups excluding carboxylic acids is 3. The second kappa shape index (κ2) is 7.56. The molecule has 1 fully saturated rings. The molecule has 28 heavy (non-hydrogen) atoms. The number of anilines is 2. The number of benzene rings is 2. The molecule has 2 aromatic rings. The quantitative estimate of drug-likeness (QED) is 0.392. The lowest BCUT2D eigenvalue weighted by atomic mass is 10.2. The number of phenols is 2. The lowest BCUT2D eigenvalue weighted by Gasteiger charge is -2.14. The van der Waals surface area contributed by atoms with E-state index >= 15 is 0 Å². The van der Waals surface area contributed by atoms with Crippen molar-refractivity contribution >= 4 is 45.9 Å². The first kappa shape index (κ1) is 19.2. The molecule has 11 heteroatoms. The average Bonchev–Trinajstić information content (AvgIpc) is 2.90. The maximum absolute atomic E-state index is 12.5. The van der Waals surface area contributed by atoms with Gasteiger partial charge in [0.2, 0.25) is 11.8 Å². The van der Waals surface area contributed by atoms with Crippen LogP contribution in [0.5, 0.6) is 11.5 Å². The third kappa shape index (κ3) is 3.88. The van der Waals surface area contributed by atoms with Gasteiger partial charge in [0.15, 0.2) is 0 Å². The minimum atomic E-state index is -0.977. The van der Waals surface area contributed by atoms with Crippen molar-refractivity contribution in [3.63, 3.8) is 0 Å². The van der Waals surface area contributed by atoms with E-state index in [2.05, 4.69) is 5.32 Å². The molecule has 1 saturated heterocycles. The summed E-state index contributed by atoms with van der Waals surface area (Å²) in [6.07, 6.45) is -0.346. The van der Waals surface area contributed by atoms with Crippen molar-refractivity contribution in [1.29, 1.82) is 0 Å². The number of hydrogen-bond donors (Lipinski definition) is 3. The summed E-state index contributed by atoms with van der Waals surface area (Å²) in [5.41, 5.74) is -0.204. The van der Waals surface area contributed by atoms with E-state index < -0.39 is 33.0 Å². The molecule has 3 rings (SSSR count). The highest BCUT2D eigenvalue weighted by Crippen LogP contribution is 2.35. The summed E-state index contributed by atoms with van der Waals surface area (Å²) >= 11 is 0.675. The van der Waals surface area contributed by atoms with E-state index in [-0.39, 0.29) is 29.2 Å². The molecule has 0 aromatic heterocycles. The predicted molar refractivity (Wildman–Crippen MR) is 100 cm³/mol. The summed E-state index contributed by atoms with van der Waals surface area (Å²) < 4.78 is 0. The van der Waals surface area contributed by atoms with E-state index in [0.29, 0.717) is 11.8 Å². The van der Waals surface area contributed by atoms with Crippen LogP contribution in [0.25, 0.3) is 0 Å². The van der Waals surface area contributed by atoms with Crippen LogP contribution in [0.1, 0.15) is 6.42 Å². The number of imide groups is 1. The van der Waals surface area contributed by atoms with Gasteiger partial charge in [-0.25, -0.2) is 4.90 Å². The van der Waals surface area contributed by atoms with Crippen LogP contribution in [-0.4, -0.2) is 37.4 Å². The summed E-state index contributed by atoms with van der Waals surface area (Å²) in [4.78, 5) is 47.7. The van der Waals surface area contributed by atoms with Gasteiger partial charge in [-0.05, 0) is 30.0 Å². The van der Waals surface area contributed by atoms with Gasteiger partial charge in [-0.1, -0.05) is 6.07 Å². The van der Waals surface area contributed by atoms with Crippen molar-refractivity contribution in [2.45, 2.75) is 11.7 Å². The topological polar surface area (TPSA) is 150 Å². The predicted octanol–water partition coefficient (Wildman–Crippen LogP) is 2.60. The van der Waals surface area contributed by atoms with Crippen LogP contribution in [0, 0.1) is 10.1 Å². The number of nitro groups is 1. The minimum Gasteiger partial charge on any atom is -0.508 e. The molecule has 1 atom stereocenters. The maximum atomic E-state index is 12.5. The molecule has 2 aromatic carbocycles. The zero-order valence-corrected chi connectivity index (χ0v) is 14.9. The van der Waals surface area contributed by atoms with E-state index in [0.717, 1.165) is 17.0 Å². The number of thioether (sulfide) groups is 1. The number of carbonyl (C=O) groups is 3. The van der Waals surface area contributed by atoms with E-state index in [1.165, 1.54) is 30.3 Å². The zero-order valence-electron chi connectivity index (χ0n) is 14.1. The molecule has 0 bridgehead atoms. The van der Waals surface area contributed by atoms with E-state index in [4.69, 9.17) is 0 Å². The van der Waals surface area contributed by atoms with Gasteiger partial charge < -0.3 is 15.5 Å². The Morgan fingerprint density at radius 1 is 1.21 bits per heavy atom. The first-order valence-corrected chi connectivity index (χ1v) is 8.75. The second-order valence-electron chi connectivity index (χ2n) is 5.78. The summed E-state index contributed by atoms with van der Waals surface area (Å²) in [5.74, 6) is -1.87. The highest BCUT2D eigenvalue weighted by atomic mass is 32.2. The lowest BCUT2D eigenvalue weighted by Crippen LogP contribution is -2.32. The third-order valence-electron chi connectivity index (χ3n) is 3.85. The second-order valence-corrected chi connectivity index (χ2v) is 6.93. The fourth-order valence-electron chi connectivity index (χ4n) is 2.56. The molecular formula is C17H13N3O7S. The van der Waals surface area contributed by atoms with Gasteiger partial charge in [0.25, 0.3) is 10.9 Å². The van der Waals surface area contributed by atoms with Gasteiger partial charge in [0.05, 0.1) is 22.4 Å². The van der Waals surface area contributed by atoms with Crippen molar-refractivity contribution in [2.75, 3.05) is 10.2 Å². The Balaban J connectivity index is 1.69. The van der Waals surface area contributed by atoms with E-state index in [1.807, 2.05) is 0 Å². The normalized spacial score (nSPS) is 16.3. The smallest absolute Gasteiger partial charge is 0.293 e. The first-order valence-electron chi connectivity index (χ1n) is 7.87. The van der Waals surface area contributed by atoms with Gasteiger partial charge in [0.1, 0.15) is 16.7 Å². The molecule has 3 N–H and O–H groups in total. The fourth-order valence-corrected chi connectivity index (χ4v) is 3.55. The van der Waals surface area contributed by atoms with Crippen molar-refractivity contribution in [3.05, 3.63) is 52.6 Å². The fraction of sp³-hybridized carbons (Fsp3) is 0.118.